The Labute approximate surface area is 128 Å². The summed E-state index contributed by atoms with van der Waals surface area (Å²) >= 11 is 0. The van der Waals surface area contributed by atoms with Crippen LogP contribution in [0.1, 0.15) is 41.4 Å². The minimum atomic E-state index is 1.04. The summed E-state index contributed by atoms with van der Waals surface area (Å²) in [6, 6.07) is 6.61. The Kier molecular flexibility index (Phi) is 5.18. The second kappa shape index (κ2) is 6.90. The molecule has 0 aliphatic rings. The van der Waals surface area contributed by atoms with Crippen molar-refractivity contribution in [1.29, 1.82) is 0 Å². The minimum absolute atomic E-state index is 1.04. The van der Waals surface area contributed by atoms with Gasteiger partial charge in [-0.05, 0) is 82.4 Å². The molecule has 1 N–H and O–H groups in total. The molecule has 1 aromatic heterocycles. The summed E-state index contributed by atoms with van der Waals surface area (Å²) in [6.07, 6.45) is 2.25. The maximum atomic E-state index is 4.76. The smallest absolute Gasteiger partial charge is 0.0654 e. The molecule has 0 fully saturated rings. The molecule has 0 saturated heterocycles. The van der Waals surface area contributed by atoms with Crippen LogP contribution < -0.4 is 5.32 Å². The molecule has 0 spiro atoms. The van der Waals surface area contributed by atoms with Gasteiger partial charge in [0.2, 0.25) is 0 Å². The number of benzene rings is 1. The van der Waals surface area contributed by atoms with Gasteiger partial charge in [-0.1, -0.05) is 13.0 Å². The summed E-state index contributed by atoms with van der Waals surface area (Å²) in [6.45, 7) is 12.8. The summed E-state index contributed by atoms with van der Waals surface area (Å²) in [5.41, 5.74) is 7.56. The zero-order valence-corrected chi connectivity index (χ0v) is 14.0. The number of rotatable bonds is 6. The van der Waals surface area contributed by atoms with E-state index < -0.39 is 0 Å². The fourth-order valence-corrected chi connectivity index (χ4v) is 2.93. The Morgan fingerprint density at radius 3 is 2.33 bits per heavy atom. The van der Waals surface area contributed by atoms with E-state index in [0.717, 1.165) is 31.6 Å². The van der Waals surface area contributed by atoms with Crippen molar-refractivity contribution in [3.05, 3.63) is 46.3 Å². The van der Waals surface area contributed by atoms with Crippen LogP contribution >= 0.6 is 0 Å². The molecule has 1 aromatic carbocycles. The van der Waals surface area contributed by atoms with Gasteiger partial charge in [0.05, 0.1) is 11.4 Å². The van der Waals surface area contributed by atoms with Crippen molar-refractivity contribution in [3.63, 3.8) is 0 Å². The zero-order chi connectivity index (χ0) is 15.4. The van der Waals surface area contributed by atoms with Crippen molar-refractivity contribution >= 4 is 0 Å². The summed E-state index contributed by atoms with van der Waals surface area (Å²) in [4.78, 5) is 0. The van der Waals surface area contributed by atoms with E-state index in [9.17, 15) is 0 Å². The molecule has 0 atom stereocenters. The first-order valence-electron chi connectivity index (χ1n) is 7.87. The quantitative estimate of drug-likeness (QED) is 0.821. The Balaban J connectivity index is 2.25. The molecule has 0 amide bonds. The van der Waals surface area contributed by atoms with Crippen LogP contribution in [0.15, 0.2) is 18.2 Å². The van der Waals surface area contributed by atoms with E-state index in [4.69, 9.17) is 5.10 Å². The number of aromatic nitrogens is 2. The van der Waals surface area contributed by atoms with Crippen molar-refractivity contribution in [3.8, 4) is 5.69 Å². The van der Waals surface area contributed by atoms with Crippen molar-refractivity contribution in [1.82, 2.24) is 15.1 Å². The van der Waals surface area contributed by atoms with Gasteiger partial charge in [0.1, 0.15) is 0 Å². The highest BCUT2D eigenvalue weighted by molar-refractivity contribution is 5.42. The Morgan fingerprint density at radius 2 is 1.71 bits per heavy atom. The van der Waals surface area contributed by atoms with Crippen LogP contribution in [0.25, 0.3) is 5.69 Å². The highest BCUT2D eigenvalue weighted by Gasteiger charge is 2.12. The molecule has 0 saturated carbocycles. The molecular formula is C18H27N3. The van der Waals surface area contributed by atoms with E-state index in [-0.39, 0.29) is 0 Å². The van der Waals surface area contributed by atoms with Gasteiger partial charge in [0.15, 0.2) is 0 Å². The number of aryl methyl sites for hydroxylation is 3. The second-order valence-corrected chi connectivity index (χ2v) is 5.86. The number of nitrogens with one attached hydrogen (secondary N) is 1. The molecule has 3 nitrogen and oxygen atoms in total. The van der Waals surface area contributed by atoms with Gasteiger partial charge in [-0.3, -0.25) is 0 Å². The second-order valence-electron chi connectivity index (χ2n) is 5.86. The third-order valence-corrected chi connectivity index (χ3v) is 3.92. The molecule has 0 aliphatic heterocycles. The maximum Gasteiger partial charge on any atom is 0.0654 e. The van der Waals surface area contributed by atoms with E-state index in [2.05, 4.69) is 62.8 Å². The van der Waals surface area contributed by atoms with Crippen LogP contribution in [-0.4, -0.2) is 22.9 Å². The number of hydrogen-bond acceptors (Lipinski definition) is 2. The van der Waals surface area contributed by atoms with Crippen LogP contribution in [0.3, 0.4) is 0 Å². The fraction of sp³-hybridized carbons (Fsp3) is 0.500. The van der Waals surface area contributed by atoms with Crippen LogP contribution in [0.5, 0.6) is 0 Å². The average Bonchev–Trinajstić information content (AvgIpc) is 2.70. The van der Waals surface area contributed by atoms with E-state index in [1.807, 2.05) is 0 Å². The normalized spacial score (nSPS) is 11.1. The summed E-state index contributed by atoms with van der Waals surface area (Å²) in [5, 5.41) is 8.14. The highest BCUT2D eigenvalue weighted by atomic mass is 15.3. The minimum Gasteiger partial charge on any atom is -0.317 e. The number of nitrogens with zero attached hydrogens (tertiary/aromatic N) is 2. The third-order valence-electron chi connectivity index (χ3n) is 3.92. The standard InChI is InChI=1S/C18H27N3/c1-6-19-9-7-8-18-15(4)20-21(16(18)5)17-11-13(2)10-14(3)12-17/h10-12,19H,6-9H2,1-5H3. The van der Waals surface area contributed by atoms with Crippen LogP contribution in [0, 0.1) is 27.7 Å². The molecule has 2 aromatic rings. The predicted octanol–water partition coefficient (Wildman–Crippen LogP) is 3.65. The van der Waals surface area contributed by atoms with Crippen molar-refractivity contribution in [2.75, 3.05) is 13.1 Å². The first-order valence-corrected chi connectivity index (χ1v) is 7.87. The van der Waals surface area contributed by atoms with Gasteiger partial charge < -0.3 is 5.32 Å². The molecule has 0 radical (unpaired) electrons. The fourth-order valence-electron chi connectivity index (χ4n) is 2.93. The van der Waals surface area contributed by atoms with Gasteiger partial charge in [0.25, 0.3) is 0 Å². The monoisotopic (exact) mass is 285 g/mol. The molecule has 0 aliphatic carbocycles. The lowest BCUT2D eigenvalue weighted by molar-refractivity contribution is 0.670. The lowest BCUT2D eigenvalue weighted by Crippen LogP contribution is -2.14. The molecule has 114 valence electrons. The van der Waals surface area contributed by atoms with E-state index in [0.29, 0.717) is 0 Å². The van der Waals surface area contributed by atoms with Crippen molar-refractivity contribution < 1.29 is 0 Å². The molecule has 0 bridgehead atoms. The lowest BCUT2D eigenvalue weighted by atomic mass is 10.1. The van der Waals surface area contributed by atoms with E-state index in [1.54, 1.807) is 0 Å². The van der Waals surface area contributed by atoms with Gasteiger partial charge in [-0.25, -0.2) is 4.68 Å². The van der Waals surface area contributed by atoms with Gasteiger partial charge in [-0.15, -0.1) is 0 Å². The van der Waals surface area contributed by atoms with Gasteiger partial charge >= 0.3 is 0 Å². The van der Waals surface area contributed by atoms with Crippen LogP contribution in [-0.2, 0) is 6.42 Å². The van der Waals surface area contributed by atoms with Crippen LogP contribution in [0.2, 0.25) is 0 Å². The summed E-state index contributed by atoms with van der Waals surface area (Å²) in [5.74, 6) is 0. The van der Waals surface area contributed by atoms with Gasteiger partial charge in [0, 0.05) is 5.69 Å². The lowest BCUT2D eigenvalue weighted by Gasteiger charge is -2.08. The average molecular weight is 285 g/mol. The maximum absolute atomic E-state index is 4.76. The van der Waals surface area contributed by atoms with Crippen molar-refractivity contribution in [2.45, 2.75) is 47.5 Å². The first kappa shape index (κ1) is 15.8. The molecule has 1 heterocycles. The Morgan fingerprint density at radius 1 is 1.05 bits per heavy atom. The topological polar surface area (TPSA) is 29.9 Å². The highest BCUT2D eigenvalue weighted by Crippen LogP contribution is 2.21. The molecule has 21 heavy (non-hydrogen) atoms. The third kappa shape index (κ3) is 3.73. The Hall–Kier alpha value is -1.61. The molecular weight excluding hydrogens is 258 g/mol. The first-order chi connectivity index (χ1) is 10.0. The predicted molar refractivity (Wildman–Crippen MR) is 89.4 cm³/mol. The molecule has 3 heteroatoms. The van der Waals surface area contributed by atoms with E-state index >= 15 is 0 Å². The Bertz CT molecular complexity index is 591. The van der Waals surface area contributed by atoms with E-state index in [1.165, 1.54) is 28.1 Å². The van der Waals surface area contributed by atoms with Gasteiger partial charge in [-0.2, -0.15) is 5.10 Å². The zero-order valence-electron chi connectivity index (χ0n) is 14.0. The SMILES string of the molecule is CCNCCCc1c(C)nn(-c2cc(C)cc(C)c2)c1C. The summed E-state index contributed by atoms with van der Waals surface area (Å²) < 4.78 is 2.10. The largest absolute Gasteiger partial charge is 0.317 e. The number of hydrogen-bond donors (Lipinski definition) is 1. The molecule has 0 unspecified atom stereocenters. The van der Waals surface area contributed by atoms with Crippen molar-refractivity contribution in [2.24, 2.45) is 0 Å². The molecule has 2 rings (SSSR count). The van der Waals surface area contributed by atoms with Crippen LogP contribution in [0.4, 0.5) is 0 Å². The summed E-state index contributed by atoms with van der Waals surface area (Å²) in [7, 11) is 0.